The number of carbonyl (C=O) groups excluding carboxylic acids is 1. The Morgan fingerprint density at radius 2 is 1.68 bits per heavy atom. The van der Waals surface area contributed by atoms with Crippen LogP contribution in [0, 0.1) is 0 Å². The van der Waals surface area contributed by atoms with E-state index >= 15 is 0 Å². The van der Waals surface area contributed by atoms with Crippen LogP contribution in [-0.2, 0) is 19.8 Å². The molecule has 0 unspecified atom stereocenters. The van der Waals surface area contributed by atoms with Gasteiger partial charge in [-0.1, -0.05) is 23.9 Å². The van der Waals surface area contributed by atoms with Crippen LogP contribution in [0.15, 0.2) is 58.3 Å². The van der Waals surface area contributed by atoms with Gasteiger partial charge in [0.05, 0.1) is 18.8 Å². The second-order valence-corrected chi connectivity index (χ2v) is 9.02. The van der Waals surface area contributed by atoms with E-state index in [1.54, 1.807) is 23.8 Å². The van der Waals surface area contributed by atoms with Gasteiger partial charge in [0.25, 0.3) is 0 Å². The summed E-state index contributed by atoms with van der Waals surface area (Å²) in [5, 5.41) is 0. The lowest BCUT2D eigenvalue weighted by Crippen LogP contribution is -2.47. The van der Waals surface area contributed by atoms with E-state index in [-0.39, 0.29) is 11.6 Å². The smallest absolute Gasteiger partial charge is 0.324 e. The van der Waals surface area contributed by atoms with Gasteiger partial charge in [0, 0.05) is 68.8 Å². The van der Waals surface area contributed by atoms with Crippen molar-refractivity contribution in [3.05, 3.63) is 54.1 Å². The van der Waals surface area contributed by atoms with Crippen molar-refractivity contribution in [1.29, 1.82) is 0 Å². The third kappa shape index (κ3) is 5.06. The lowest BCUT2D eigenvalue weighted by atomic mass is 9.86. The standard InChI is InChI=1S/C24H30N2O4S/c1-25(23(27)26-12-16-30-17-13-26)20-6-8-21(9-7-20)31-22-5-3-4-19(18-22)24(28-2)10-14-29-15-11-24/h3-9,18H,10-17H2,1-2H3. The zero-order valence-electron chi connectivity index (χ0n) is 18.2. The van der Waals surface area contributed by atoms with Crippen molar-refractivity contribution in [2.45, 2.75) is 28.2 Å². The number of ether oxygens (including phenoxy) is 3. The molecule has 2 saturated heterocycles. The SMILES string of the molecule is COC1(c2cccc(Sc3ccc(N(C)C(=O)N4CCOCC4)cc3)c2)CCOCC1. The maximum Gasteiger partial charge on any atom is 0.324 e. The maximum atomic E-state index is 12.7. The highest BCUT2D eigenvalue weighted by molar-refractivity contribution is 7.99. The van der Waals surface area contributed by atoms with Crippen LogP contribution in [0.2, 0.25) is 0 Å². The number of anilines is 1. The minimum atomic E-state index is -0.263. The molecule has 6 nitrogen and oxygen atoms in total. The Hall–Kier alpha value is -2.06. The van der Waals surface area contributed by atoms with Gasteiger partial charge >= 0.3 is 6.03 Å². The number of amides is 2. The van der Waals surface area contributed by atoms with Crippen molar-refractivity contribution < 1.29 is 19.0 Å². The van der Waals surface area contributed by atoms with E-state index in [1.165, 1.54) is 10.5 Å². The van der Waals surface area contributed by atoms with Crippen LogP contribution in [0.5, 0.6) is 0 Å². The van der Waals surface area contributed by atoms with Crippen molar-refractivity contribution in [2.75, 3.05) is 58.6 Å². The van der Waals surface area contributed by atoms with Gasteiger partial charge in [-0.15, -0.1) is 0 Å². The molecule has 2 aliphatic rings. The van der Waals surface area contributed by atoms with Crippen LogP contribution < -0.4 is 4.90 Å². The molecule has 0 aromatic heterocycles. The first-order valence-corrected chi connectivity index (χ1v) is 11.5. The van der Waals surface area contributed by atoms with E-state index in [0.717, 1.165) is 36.6 Å². The van der Waals surface area contributed by atoms with Crippen molar-refractivity contribution in [3.8, 4) is 0 Å². The van der Waals surface area contributed by atoms with Gasteiger partial charge in [0.15, 0.2) is 0 Å². The fourth-order valence-corrected chi connectivity index (χ4v) is 4.98. The van der Waals surface area contributed by atoms with Crippen molar-refractivity contribution in [2.24, 2.45) is 0 Å². The van der Waals surface area contributed by atoms with Gasteiger partial charge in [-0.25, -0.2) is 4.79 Å². The summed E-state index contributed by atoms with van der Waals surface area (Å²) in [6.45, 7) is 3.94. The van der Waals surface area contributed by atoms with E-state index < -0.39 is 0 Å². The second kappa shape index (κ2) is 10.0. The average molecular weight is 443 g/mol. The number of hydrogen-bond donors (Lipinski definition) is 0. The van der Waals surface area contributed by atoms with E-state index in [1.807, 2.05) is 24.1 Å². The Balaban J connectivity index is 1.44. The number of urea groups is 1. The first-order chi connectivity index (χ1) is 15.1. The molecule has 0 bridgehead atoms. The molecule has 4 rings (SSSR count). The number of carbonyl (C=O) groups is 1. The molecule has 2 aliphatic heterocycles. The minimum absolute atomic E-state index is 0.0118. The highest BCUT2D eigenvalue weighted by Crippen LogP contribution is 2.38. The van der Waals surface area contributed by atoms with Crippen LogP contribution in [-0.4, -0.2) is 64.6 Å². The van der Waals surface area contributed by atoms with E-state index in [0.29, 0.717) is 26.3 Å². The van der Waals surface area contributed by atoms with Gasteiger partial charge in [-0.05, 0) is 42.0 Å². The zero-order chi connectivity index (χ0) is 21.7. The van der Waals surface area contributed by atoms with Crippen LogP contribution in [0.25, 0.3) is 0 Å². The molecule has 0 atom stereocenters. The van der Waals surface area contributed by atoms with Gasteiger partial charge in [-0.2, -0.15) is 0 Å². The maximum absolute atomic E-state index is 12.7. The first-order valence-electron chi connectivity index (χ1n) is 10.7. The summed E-state index contributed by atoms with van der Waals surface area (Å²) in [5.74, 6) is 0. The van der Waals surface area contributed by atoms with Crippen LogP contribution in [0.1, 0.15) is 18.4 Å². The monoisotopic (exact) mass is 442 g/mol. The predicted octanol–water partition coefficient (Wildman–Crippen LogP) is 4.38. The van der Waals surface area contributed by atoms with E-state index in [4.69, 9.17) is 14.2 Å². The number of rotatable bonds is 5. The molecule has 0 radical (unpaired) electrons. The normalized spacial score (nSPS) is 18.6. The third-order valence-electron chi connectivity index (χ3n) is 6.08. The molecule has 2 aromatic carbocycles. The van der Waals surface area contributed by atoms with Gasteiger partial charge in [0.2, 0.25) is 0 Å². The molecule has 0 saturated carbocycles. The largest absolute Gasteiger partial charge is 0.381 e. The number of morpholine rings is 1. The molecule has 2 heterocycles. The molecule has 2 fully saturated rings. The fourth-order valence-electron chi connectivity index (χ4n) is 4.11. The average Bonchev–Trinajstić information content (AvgIpc) is 2.85. The third-order valence-corrected chi connectivity index (χ3v) is 7.08. The molecule has 2 aromatic rings. The fraction of sp³-hybridized carbons (Fsp3) is 0.458. The first kappa shape index (κ1) is 22.1. The Bertz CT molecular complexity index is 877. The molecule has 0 spiro atoms. The Labute approximate surface area is 188 Å². The predicted molar refractivity (Wildman–Crippen MR) is 122 cm³/mol. The molecular formula is C24H30N2O4S. The summed E-state index contributed by atoms with van der Waals surface area (Å²) >= 11 is 1.71. The van der Waals surface area contributed by atoms with Gasteiger partial charge in [-0.3, -0.25) is 4.90 Å². The highest BCUT2D eigenvalue weighted by Gasteiger charge is 2.34. The summed E-state index contributed by atoms with van der Waals surface area (Å²) in [5.41, 5.74) is 1.83. The second-order valence-electron chi connectivity index (χ2n) is 7.88. The molecule has 0 aliphatic carbocycles. The van der Waals surface area contributed by atoms with E-state index in [9.17, 15) is 4.79 Å². The van der Waals surface area contributed by atoms with Crippen LogP contribution >= 0.6 is 11.8 Å². The molecule has 166 valence electrons. The van der Waals surface area contributed by atoms with Crippen molar-refractivity contribution >= 4 is 23.5 Å². The highest BCUT2D eigenvalue weighted by atomic mass is 32.2. The summed E-state index contributed by atoms with van der Waals surface area (Å²) in [7, 11) is 3.61. The minimum Gasteiger partial charge on any atom is -0.381 e. The molecular weight excluding hydrogens is 412 g/mol. The zero-order valence-corrected chi connectivity index (χ0v) is 19.0. The molecule has 2 amide bonds. The van der Waals surface area contributed by atoms with Crippen LogP contribution in [0.3, 0.4) is 0 Å². The molecule has 0 N–H and O–H groups in total. The summed E-state index contributed by atoms with van der Waals surface area (Å²) in [4.78, 5) is 18.5. The van der Waals surface area contributed by atoms with Crippen molar-refractivity contribution in [3.63, 3.8) is 0 Å². The molecule has 31 heavy (non-hydrogen) atoms. The Morgan fingerprint density at radius 3 is 2.35 bits per heavy atom. The lowest BCUT2D eigenvalue weighted by molar-refractivity contribution is -0.0948. The number of nitrogens with zero attached hydrogens (tertiary/aromatic N) is 2. The number of hydrogen-bond acceptors (Lipinski definition) is 5. The summed E-state index contributed by atoms with van der Waals surface area (Å²) in [6, 6.07) is 16.7. The lowest BCUT2D eigenvalue weighted by Gasteiger charge is -2.36. The topological polar surface area (TPSA) is 51.2 Å². The Morgan fingerprint density at radius 1 is 1.00 bits per heavy atom. The number of benzene rings is 2. The van der Waals surface area contributed by atoms with Gasteiger partial charge in [0.1, 0.15) is 0 Å². The summed E-state index contributed by atoms with van der Waals surface area (Å²) in [6.07, 6.45) is 1.74. The van der Waals surface area contributed by atoms with Crippen LogP contribution in [0.4, 0.5) is 10.5 Å². The van der Waals surface area contributed by atoms with Crippen molar-refractivity contribution in [1.82, 2.24) is 4.90 Å². The number of methoxy groups -OCH3 is 1. The molecule has 7 heteroatoms. The van der Waals surface area contributed by atoms with E-state index in [2.05, 4.69) is 36.4 Å². The Kier molecular flexibility index (Phi) is 7.17. The summed E-state index contributed by atoms with van der Waals surface area (Å²) < 4.78 is 16.8. The quantitative estimate of drug-likeness (QED) is 0.688. The van der Waals surface area contributed by atoms with Gasteiger partial charge < -0.3 is 19.1 Å².